The number of fused-ring (bicyclic) bond motifs is 4. The Labute approximate surface area is 322 Å². The second-order valence-electron chi connectivity index (χ2n) is 14.3. The van der Waals surface area contributed by atoms with Crippen molar-refractivity contribution < 1.29 is 27.5 Å². The van der Waals surface area contributed by atoms with Crippen LogP contribution in [0.15, 0.2) is 90.1 Å². The average molecular weight is 765 g/mol. The van der Waals surface area contributed by atoms with E-state index in [1.807, 2.05) is 23.6 Å². The number of allylic oxidation sites excluding steroid dienone is 2. The standard InChI is InChI=1S/C40H43BF2N8O3S/c42-41(43)50-29(13-14-30(50)27-31-15-17-35(51(31)41)36-12-8-26-55-36)16-18-37(52)44-19-5-1-2-6-21-47-22-24-48(25-23-47)28-38(53)49-34-11-4-3-9-32(34)40(54)46-33-10-7-20-45-39(33)49/h3-4,7-15,17,20,26-27H,1-2,5-6,16,18-19,21-25,28H2,(H,44,52)(H,46,54). The molecule has 7 heterocycles. The highest BCUT2D eigenvalue weighted by molar-refractivity contribution is 7.12. The number of amides is 3. The van der Waals surface area contributed by atoms with E-state index in [-0.39, 0.29) is 37.1 Å². The van der Waals surface area contributed by atoms with Gasteiger partial charge in [0.25, 0.3) is 5.91 Å². The maximum Gasteiger partial charge on any atom is 0.737 e. The third-order valence-electron chi connectivity index (χ3n) is 10.7. The quantitative estimate of drug-likeness (QED) is 0.133. The van der Waals surface area contributed by atoms with Gasteiger partial charge in [0.1, 0.15) is 0 Å². The van der Waals surface area contributed by atoms with Crippen molar-refractivity contribution in [2.75, 3.05) is 56.0 Å². The minimum absolute atomic E-state index is 0.130. The van der Waals surface area contributed by atoms with Crippen molar-refractivity contribution in [1.29, 1.82) is 0 Å². The smallest absolute Gasteiger partial charge is 0.394 e. The molecule has 0 radical (unpaired) electrons. The maximum absolute atomic E-state index is 16.0. The van der Waals surface area contributed by atoms with Gasteiger partial charge >= 0.3 is 6.97 Å². The fraction of sp³-hybridized carbons (Fsp3) is 0.325. The first-order valence-electron chi connectivity index (χ1n) is 19.0. The second kappa shape index (κ2) is 15.9. The fourth-order valence-corrected chi connectivity index (χ4v) is 8.67. The molecule has 3 aromatic heterocycles. The van der Waals surface area contributed by atoms with Crippen LogP contribution < -0.4 is 15.5 Å². The van der Waals surface area contributed by atoms with Gasteiger partial charge in [-0.05, 0) is 79.3 Å². The molecule has 55 heavy (non-hydrogen) atoms. The molecule has 11 nitrogen and oxygen atoms in total. The molecule has 284 valence electrons. The number of hydrogen-bond donors (Lipinski definition) is 2. The summed E-state index contributed by atoms with van der Waals surface area (Å²) < 4.78 is 34.3. The molecular formula is C40H43BF2N8O3S. The number of unbranched alkanes of at least 4 members (excludes halogenated alkanes) is 3. The summed E-state index contributed by atoms with van der Waals surface area (Å²) in [7, 11) is 0. The molecule has 0 atom stereocenters. The number of piperazine rings is 1. The van der Waals surface area contributed by atoms with E-state index in [1.165, 1.54) is 11.3 Å². The van der Waals surface area contributed by atoms with Gasteiger partial charge in [-0.15, -0.1) is 11.3 Å². The molecule has 1 saturated heterocycles. The Morgan fingerprint density at radius 2 is 1.75 bits per heavy atom. The minimum atomic E-state index is -4.11. The lowest BCUT2D eigenvalue weighted by atomic mass is 9.90. The highest BCUT2D eigenvalue weighted by atomic mass is 32.1. The van der Waals surface area contributed by atoms with Crippen LogP contribution >= 0.6 is 11.3 Å². The van der Waals surface area contributed by atoms with E-state index in [0.717, 1.165) is 72.2 Å². The lowest BCUT2D eigenvalue weighted by molar-refractivity contribution is -0.360. The number of hydrogen-bond acceptors (Lipinski definition) is 7. The number of para-hydroxylation sites is 1. The van der Waals surface area contributed by atoms with Crippen molar-refractivity contribution in [3.8, 4) is 0 Å². The SMILES string of the molecule is O=C(CCc1ccc2n1[B-](F)(F)[N+]1=C(c3cccs3)C=CC1=C2)NCCCCCCN1CCN(CC(=O)N2c3ccccc3C(=O)Nc3cccnc32)CC1. The Bertz CT molecular complexity index is 2190. The van der Waals surface area contributed by atoms with E-state index in [0.29, 0.717) is 52.1 Å². The van der Waals surface area contributed by atoms with Crippen LogP contribution in [0.2, 0.25) is 0 Å². The minimum Gasteiger partial charge on any atom is -0.394 e. The fourth-order valence-electron chi connectivity index (χ4n) is 7.92. The number of halogens is 2. The number of nitrogens with zero attached hydrogens (tertiary/aromatic N) is 6. The molecule has 4 aliphatic rings. The van der Waals surface area contributed by atoms with E-state index in [2.05, 4.69) is 25.4 Å². The molecular weight excluding hydrogens is 721 g/mol. The Kier molecular flexibility index (Phi) is 10.6. The van der Waals surface area contributed by atoms with Crippen molar-refractivity contribution in [3.05, 3.63) is 112 Å². The summed E-state index contributed by atoms with van der Waals surface area (Å²) in [4.78, 5) is 50.7. The van der Waals surface area contributed by atoms with Gasteiger partial charge in [-0.25, -0.2) is 4.98 Å². The van der Waals surface area contributed by atoms with Crippen molar-refractivity contribution in [3.63, 3.8) is 0 Å². The summed E-state index contributed by atoms with van der Waals surface area (Å²) in [5.74, 6) is -0.105. The van der Waals surface area contributed by atoms with E-state index in [4.69, 9.17) is 0 Å². The summed E-state index contributed by atoms with van der Waals surface area (Å²) in [6.45, 7) is 0.934. The number of rotatable bonds is 13. The van der Waals surface area contributed by atoms with Crippen molar-refractivity contribution in [1.82, 2.24) is 24.6 Å². The van der Waals surface area contributed by atoms with Gasteiger partial charge in [0.15, 0.2) is 17.2 Å². The van der Waals surface area contributed by atoms with Crippen molar-refractivity contribution in [2.24, 2.45) is 0 Å². The zero-order valence-corrected chi connectivity index (χ0v) is 31.3. The average Bonchev–Trinajstić information content (AvgIpc) is 3.95. The molecule has 0 unspecified atom stereocenters. The number of anilines is 3. The first-order chi connectivity index (χ1) is 26.8. The number of nitrogens with one attached hydrogen (secondary N) is 2. The van der Waals surface area contributed by atoms with Gasteiger partial charge in [0.2, 0.25) is 11.8 Å². The van der Waals surface area contributed by atoms with Crippen LogP contribution in [0.1, 0.15) is 58.7 Å². The summed E-state index contributed by atoms with van der Waals surface area (Å²) in [5.41, 5.74) is 3.36. The van der Waals surface area contributed by atoms with Gasteiger partial charge in [-0.3, -0.25) is 24.2 Å². The predicted octanol–water partition coefficient (Wildman–Crippen LogP) is 5.75. The van der Waals surface area contributed by atoms with Crippen LogP contribution in [0.25, 0.3) is 6.08 Å². The van der Waals surface area contributed by atoms with E-state index < -0.39 is 6.97 Å². The lowest BCUT2D eigenvalue weighted by Gasteiger charge is -2.35. The van der Waals surface area contributed by atoms with Gasteiger partial charge in [0.05, 0.1) is 28.4 Å². The second-order valence-corrected chi connectivity index (χ2v) is 15.2. The number of pyridine rings is 1. The first-order valence-corrected chi connectivity index (χ1v) is 19.9. The Morgan fingerprint density at radius 3 is 2.58 bits per heavy atom. The van der Waals surface area contributed by atoms with Crippen LogP contribution in [0, 0.1) is 0 Å². The van der Waals surface area contributed by atoms with Gasteiger partial charge in [-0.1, -0.05) is 31.0 Å². The van der Waals surface area contributed by atoms with E-state index >= 15 is 8.63 Å². The molecule has 0 aliphatic carbocycles. The topological polar surface area (TPSA) is 106 Å². The molecule has 1 fully saturated rings. The molecule has 2 N–H and O–H groups in total. The van der Waals surface area contributed by atoms with E-state index in [1.54, 1.807) is 71.8 Å². The molecule has 1 aromatic carbocycles. The third kappa shape index (κ3) is 7.56. The third-order valence-corrected chi connectivity index (χ3v) is 11.6. The number of aryl methyl sites for hydroxylation is 1. The van der Waals surface area contributed by atoms with Gasteiger partial charge in [-0.2, -0.15) is 0 Å². The Morgan fingerprint density at radius 1 is 0.927 bits per heavy atom. The molecule has 8 rings (SSSR count). The molecule has 0 bridgehead atoms. The summed E-state index contributed by atoms with van der Waals surface area (Å²) in [5, 5.41) is 7.74. The summed E-state index contributed by atoms with van der Waals surface area (Å²) in [6, 6.07) is 17.7. The molecule has 15 heteroatoms. The Balaban J connectivity index is 0.735. The molecule has 3 amide bonds. The van der Waals surface area contributed by atoms with Crippen LogP contribution in [-0.4, -0.2) is 100.0 Å². The van der Waals surface area contributed by atoms with Crippen LogP contribution in [0.5, 0.6) is 0 Å². The number of benzene rings is 1. The van der Waals surface area contributed by atoms with E-state index in [9.17, 15) is 14.4 Å². The molecule has 0 spiro atoms. The Hall–Kier alpha value is -5.25. The van der Waals surface area contributed by atoms with Crippen molar-refractivity contribution in [2.45, 2.75) is 38.5 Å². The normalized spacial score (nSPS) is 17.5. The predicted molar refractivity (Wildman–Crippen MR) is 212 cm³/mol. The first kappa shape index (κ1) is 36.7. The molecule has 4 aromatic rings. The van der Waals surface area contributed by atoms with Crippen molar-refractivity contribution >= 4 is 65.0 Å². The van der Waals surface area contributed by atoms with Crippen LogP contribution in [0.4, 0.5) is 25.8 Å². The zero-order valence-electron chi connectivity index (χ0n) is 30.5. The van der Waals surface area contributed by atoms with Gasteiger partial charge in [0, 0.05) is 69.3 Å². The number of thiophene rings is 1. The monoisotopic (exact) mass is 764 g/mol. The molecule has 4 aliphatic heterocycles. The number of aromatic nitrogens is 2. The van der Waals surface area contributed by atoms with Crippen LogP contribution in [-0.2, 0) is 16.0 Å². The number of carbonyl (C=O) groups excluding carboxylic acids is 3. The summed E-state index contributed by atoms with van der Waals surface area (Å²) >= 11 is 1.43. The summed E-state index contributed by atoms with van der Waals surface area (Å²) in [6.07, 6.45) is 11.2. The van der Waals surface area contributed by atoms with Gasteiger partial charge < -0.3 is 33.1 Å². The lowest BCUT2D eigenvalue weighted by Crippen LogP contribution is -2.50. The highest BCUT2D eigenvalue weighted by Gasteiger charge is 2.52. The zero-order chi connectivity index (χ0) is 37.9. The maximum atomic E-state index is 16.0. The number of carbonyl (C=O) groups is 3. The molecule has 0 saturated carbocycles. The largest absolute Gasteiger partial charge is 0.737 e. The highest BCUT2D eigenvalue weighted by Crippen LogP contribution is 2.37. The van der Waals surface area contributed by atoms with Crippen LogP contribution in [0.3, 0.4) is 0 Å².